The van der Waals surface area contributed by atoms with Crippen LogP contribution in [0.3, 0.4) is 0 Å². The molecule has 1 aliphatic rings. The first-order valence-electron chi connectivity index (χ1n) is 8.32. The summed E-state index contributed by atoms with van der Waals surface area (Å²) in [5.41, 5.74) is 7.41. The first-order chi connectivity index (χ1) is 10.4. The van der Waals surface area contributed by atoms with Crippen molar-refractivity contribution in [1.82, 2.24) is 10.2 Å². The first kappa shape index (κ1) is 17.0. The summed E-state index contributed by atoms with van der Waals surface area (Å²) in [6.07, 6.45) is 5.33. The van der Waals surface area contributed by atoms with Gasteiger partial charge in [-0.1, -0.05) is 37.1 Å². The Hall–Kier alpha value is -1.39. The topological polar surface area (TPSA) is 58.4 Å². The molecule has 1 fully saturated rings. The zero-order chi connectivity index (χ0) is 16.0. The van der Waals surface area contributed by atoms with Gasteiger partial charge in [-0.2, -0.15) is 0 Å². The van der Waals surface area contributed by atoms with E-state index in [0.29, 0.717) is 6.54 Å². The van der Waals surface area contributed by atoms with Crippen LogP contribution in [0.25, 0.3) is 0 Å². The van der Waals surface area contributed by atoms with Gasteiger partial charge in [0.05, 0.1) is 5.54 Å². The Labute approximate surface area is 134 Å². The lowest BCUT2D eigenvalue weighted by Crippen LogP contribution is -2.48. The quantitative estimate of drug-likeness (QED) is 0.878. The largest absolute Gasteiger partial charge is 0.350 e. The summed E-state index contributed by atoms with van der Waals surface area (Å²) in [6, 6.07) is 8.48. The van der Waals surface area contributed by atoms with Crippen molar-refractivity contribution >= 4 is 5.91 Å². The number of hydrogen-bond donors (Lipinski definition) is 2. The Kier molecular flexibility index (Phi) is 5.98. The van der Waals surface area contributed by atoms with Crippen LogP contribution in [0.4, 0.5) is 0 Å². The number of rotatable bonds is 5. The molecule has 3 N–H and O–H groups in total. The average molecular weight is 303 g/mol. The predicted molar refractivity (Wildman–Crippen MR) is 90.3 cm³/mol. The lowest BCUT2D eigenvalue weighted by molar-refractivity contribution is -0.125. The van der Waals surface area contributed by atoms with Crippen molar-refractivity contribution in [2.75, 3.05) is 13.1 Å². The van der Waals surface area contributed by atoms with Crippen molar-refractivity contribution in [3.05, 3.63) is 35.4 Å². The third-order valence-electron chi connectivity index (χ3n) is 4.13. The van der Waals surface area contributed by atoms with Crippen molar-refractivity contribution < 1.29 is 4.79 Å². The van der Waals surface area contributed by atoms with Crippen LogP contribution < -0.4 is 11.1 Å². The van der Waals surface area contributed by atoms with Crippen molar-refractivity contribution in [3.8, 4) is 0 Å². The second-order valence-corrected chi connectivity index (χ2v) is 6.91. The lowest BCUT2D eigenvalue weighted by atomic mass is 10.1. The Morgan fingerprint density at radius 3 is 2.45 bits per heavy atom. The standard InChI is InChI=1S/C18H29N3O/c1-18(2,19)17(22)20-13-15-8-7-9-16(12-15)14-21-10-5-3-4-6-11-21/h7-9,12H,3-6,10-11,13-14,19H2,1-2H3,(H,20,22). The van der Waals surface area contributed by atoms with E-state index in [1.165, 1.54) is 44.3 Å². The second kappa shape index (κ2) is 7.75. The van der Waals surface area contributed by atoms with Gasteiger partial charge in [-0.25, -0.2) is 0 Å². The molecule has 0 radical (unpaired) electrons. The van der Waals surface area contributed by atoms with Crippen LogP contribution in [-0.4, -0.2) is 29.4 Å². The van der Waals surface area contributed by atoms with Gasteiger partial charge in [-0.05, 0) is 50.9 Å². The zero-order valence-corrected chi connectivity index (χ0v) is 13.9. The molecule has 0 aromatic heterocycles. The summed E-state index contributed by atoms with van der Waals surface area (Å²) < 4.78 is 0. The number of likely N-dealkylation sites (tertiary alicyclic amines) is 1. The van der Waals surface area contributed by atoms with E-state index < -0.39 is 5.54 Å². The summed E-state index contributed by atoms with van der Waals surface area (Å²) >= 11 is 0. The Morgan fingerprint density at radius 1 is 1.18 bits per heavy atom. The van der Waals surface area contributed by atoms with Gasteiger partial charge in [0.1, 0.15) is 0 Å². The molecule has 1 heterocycles. The molecule has 122 valence electrons. The number of nitrogens with zero attached hydrogens (tertiary/aromatic N) is 1. The van der Waals surface area contributed by atoms with E-state index in [1.807, 2.05) is 0 Å². The third kappa shape index (κ3) is 5.43. The molecule has 2 rings (SSSR count). The van der Waals surface area contributed by atoms with Crippen LogP contribution in [0, 0.1) is 0 Å². The maximum atomic E-state index is 11.8. The van der Waals surface area contributed by atoms with Crippen molar-refractivity contribution in [2.45, 2.75) is 58.2 Å². The highest BCUT2D eigenvalue weighted by atomic mass is 16.2. The molecule has 22 heavy (non-hydrogen) atoms. The van der Waals surface area contributed by atoms with Gasteiger partial charge >= 0.3 is 0 Å². The fourth-order valence-electron chi connectivity index (χ4n) is 2.80. The number of nitrogens with one attached hydrogen (secondary N) is 1. The van der Waals surface area contributed by atoms with Gasteiger partial charge in [-0.15, -0.1) is 0 Å². The van der Waals surface area contributed by atoms with E-state index in [4.69, 9.17) is 5.73 Å². The highest BCUT2D eigenvalue weighted by molar-refractivity contribution is 5.84. The van der Waals surface area contributed by atoms with Gasteiger partial charge in [0, 0.05) is 13.1 Å². The summed E-state index contributed by atoms with van der Waals surface area (Å²) in [6.45, 7) is 7.37. The molecule has 1 amide bonds. The van der Waals surface area contributed by atoms with Gasteiger partial charge in [0.15, 0.2) is 0 Å². The monoisotopic (exact) mass is 303 g/mol. The van der Waals surface area contributed by atoms with Gasteiger partial charge in [-0.3, -0.25) is 9.69 Å². The number of carbonyl (C=O) groups is 1. The minimum atomic E-state index is -0.830. The van der Waals surface area contributed by atoms with Crippen LogP contribution in [0.2, 0.25) is 0 Å². The Balaban J connectivity index is 1.90. The minimum Gasteiger partial charge on any atom is -0.350 e. The summed E-state index contributed by atoms with van der Waals surface area (Å²) in [7, 11) is 0. The average Bonchev–Trinajstić information content (AvgIpc) is 2.73. The van der Waals surface area contributed by atoms with Crippen LogP contribution >= 0.6 is 0 Å². The van der Waals surface area contributed by atoms with Crippen molar-refractivity contribution in [2.24, 2.45) is 5.73 Å². The smallest absolute Gasteiger partial charge is 0.239 e. The molecular formula is C18H29N3O. The van der Waals surface area contributed by atoms with Gasteiger partial charge in [0.25, 0.3) is 0 Å². The fourth-order valence-corrected chi connectivity index (χ4v) is 2.80. The van der Waals surface area contributed by atoms with E-state index in [1.54, 1.807) is 13.8 Å². The number of hydrogen-bond acceptors (Lipinski definition) is 3. The molecule has 1 aliphatic heterocycles. The van der Waals surface area contributed by atoms with Gasteiger partial charge in [0.2, 0.25) is 5.91 Å². The molecule has 0 saturated carbocycles. The molecule has 0 spiro atoms. The van der Waals surface area contributed by atoms with Crippen LogP contribution in [-0.2, 0) is 17.9 Å². The SMILES string of the molecule is CC(C)(N)C(=O)NCc1cccc(CN2CCCCCC2)c1. The van der Waals surface area contributed by atoms with Crippen LogP contribution in [0.1, 0.15) is 50.7 Å². The molecule has 4 heteroatoms. The molecule has 0 atom stereocenters. The van der Waals surface area contributed by atoms with Crippen LogP contribution in [0.5, 0.6) is 0 Å². The predicted octanol–water partition coefficient (Wildman–Crippen LogP) is 2.42. The molecule has 1 aromatic rings. The van der Waals surface area contributed by atoms with Crippen molar-refractivity contribution in [3.63, 3.8) is 0 Å². The number of benzene rings is 1. The molecule has 4 nitrogen and oxygen atoms in total. The molecule has 0 bridgehead atoms. The first-order valence-corrected chi connectivity index (χ1v) is 8.32. The fraction of sp³-hybridized carbons (Fsp3) is 0.611. The highest BCUT2D eigenvalue weighted by Gasteiger charge is 2.21. The molecule has 1 aromatic carbocycles. The van der Waals surface area contributed by atoms with Crippen molar-refractivity contribution in [1.29, 1.82) is 0 Å². The number of amides is 1. The van der Waals surface area contributed by atoms with E-state index in [0.717, 1.165) is 12.1 Å². The second-order valence-electron chi connectivity index (χ2n) is 6.91. The van der Waals surface area contributed by atoms with E-state index in [2.05, 4.69) is 34.5 Å². The van der Waals surface area contributed by atoms with E-state index >= 15 is 0 Å². The summed E-state index contributed by atoms with van der Waals surface area (Å²) in [4.78, 5) is 14.4. The third-order valence-corrected chi connectivity index (χ3v) is 4.13. The van der Waals surface area contributed by atoms with Gasteiger partial charge < -0.3 is 11.1 Å². The number of nitrogens with two attached hydrogens (primary N) is 1. The van der Waals surface area contributed by atoms with E-state index in [9.17, 15) is 4.79 Å². The Bertz CT molecular complexity index is 485. The number of carbonyl (C=O) groups excluding carboxylic acids is 1. The molecule has 1 saturated heterocycles. The maximum absolute atomic E-state index is 11.8. The van der Waals surface area contributed by atoms with E-state index in [-0.39, 0.29) is 5.91 Å². The normalized spacial score (nSPS) is 17.0. The van der Waals surface area contributed by atoms with Crippen LogP contribution in [0.15, 0.2) is 24.3 Å². The summed E-state index contributed by atoms with van der Waals surface area (Å²) in [5.74, 6) is -0.120. The molecule has 0 unspecified atom stereocenters. The lowest BCUT2D eigenvalue weighted by Gasteiger charge is -2.20. The molecular weight excluding hydrogens is 274 g/mol. The minimum absolute atomic E-state index is 0.120. The summed E-state index contributed by atoms with van der Waals surface area (Å²) in [5, 5.41) is 2.90. The highest BCUT2D eigenvalue weighted by Crippen LogP contribution is 2.14. The Morgan fingerprint density at radius 2 is 1.82 bits per heavy atom. The maximum Gasteiger partial charge on any atom is 0.239 e. The zero-order valence-electron chi connectivity index (χ0n) is 13.9. The molecule has 0 aliphatic carbocycles.